The Kier molecular flexibility index (Phi) is 6.42. The molecule has 2 atom stereocenters. The summed E-state index contributed by atoms with van der Waals surface area (Å²) >= 11 is 0.681. The fourth-order valence-electron chi connectivity index (χ4n) is 2.03. The second kappa shape index (κ2) is 7.38. The minimum absolute atomic E-state index is 0.179. The molecule has 7 heteroatoms. The quantitative estimate of drug-likeness (QED) is 0.830. The van der Waals surface area contributed by atoms with Gasteiger partial charge in [-0.15, -0.1) is 11.3 Å². The normalized spacial score (nSPS) is 15.6. The molecule has 1 aromatic heterocycles. The Hall–Kier alpha value is -0.660. The number of aromatic nitrogens is 1. The average molecular weight is 310 g/mol. The van der Waals surface area contributed by atoms with Crippen molar-refractivity contribution < 1.29 is 17.9 Å². The molecule has 1 heterocycles. The highest BCUT2D eigenvalue weighted by Crippen LogP contribution is 2.36. The van der Waals surface area contributed by atoms with Gasteiger partial charge in [0.15, 0.2) is 5.01 Å². The third-order valence-electron chi connectivity index (χ3n) is 2.84. The van der Waals surface area contributed by atoms with Gasteiger partial charge in [-0.05, 0) is 19.4 Å². The van der Waals surface area contributed by atoms with E-state index < -0.39 is 11.2 Å². The van der Waals surface area contributed by atoms with Crippen LogP contribution in [-0.4, -0.2) is 24.2 Å². The van der Waals surface area contributed by atoms with Gasteiger partial charge in [-0.25, -0.2) is 4.98 Å². The van der Waals surface area contributed by atoms with Crippen molar-refractivity contribution in [3.05, 3.63) is 16.1 Å². The number of likely N-dealkylation sites (N-methyl/N-ethyl adjacent to an activating group) is 1. The van der Waals surface area contributed by atoms with Gasteiger partial charge >= 0.3 is 6.18 Å². The number of rotatable bonds is 7. The lowest BCUT2D eigenvalue weighted by atomic mass is 9.98. The monoisotopic (exact) mass is 310 g/mol. The Bertz CT molecular complexity index is 407. The van der Waals surface area contributed by atoms with Gasteiger partial charge in [-0.2, -0.15) is 13.2 Å². The van der Waals surface area contributed by atoms with Crippen molar-refractivity contribution in [1.29, 1.82) is 0 Å². The van der Waals surface area contributed by atoms with E-state index in [1.807, 2.05) is 27.7 Å². The zero-order valence-corrected chi connectivity index (χ0v) is 12.9. The molecule has 0 aliphatic heterocycles. The second-order valence-electron chi connectivity index (χ2n) is 4.76. The molecule has 1 N–H and O–H groups in total. The van der Waals surface area contributed by atoms with Crippen molar-refractivity contribution in [3.63, 3.8) is 0 Å². The highest BCUT2D eigenvalue weighted by atomic mass is 32.1. The van der Waals surface area contributed by atoms with Crippen LogP contribution in [0.4, 0.5) is 13.2 Å². The number of hydrogen-bond acceptors (Lipinski definition) is 4. The van der Waals surface area contributed by atoms with Crippen LogP contribution in [0.3, 0.4) is 0 Å². The van der Waals surface area contributed by atoms with Gasteiger partial charge in [-0.1, -0.05) is 20.8 Å². The van der Waals surface area contributed by atoms with Gasteiger partial charge in [0.05, 0.1) is 12.1 Å². The van der Waals surface area contributed by atoms with Crippen molar-refractivity contribution >= 4 is 11.3 Å². The summed E-state index contributed by atoms with van der Waals surface area (Å²) in [6.07, 6.45) is -3.27. The molecule has 0 spiro atoms. The maximum Gasteiger partial charge on any atom is 0.443 e. The predicted molar refractivity (Wildman–Crippen MR) is 73.8 cm³/mol. The van der Waals surface area contributed by atoms with Gasteiger partial charge in [0.1, 0.15) is 0 Å². The molecular formula is C13H21F3N2OS. The molecule has 0 aromatic carbocycles. The first-order valence-electron chi connectivity index (χ1n) is 6.69. The van der Waals surface area contributed by atoms with E-state index in [2.05, 4.69) is 10.3 Å². The van der Waals surface area contributed by atoms with Gasteiger partial charge in [-0.3, -0.25) is 0 Å². The van der Waals surface area contributed by atoms with Crippen LogP contribution in [0.2, 0.25) is 0 Å². The summed E-state index contributed by atoms with van der Waals surface area (Å²) in [5, 5.41) is 2.40. The van der Waals surface area contributed by atoms with Crippen LogP contribution >= 0.6 is 11.3 Å². The molecule has 0 amide bonds. The van der Waals surface area contributed by atoms with Gasteiger partial charge in [0.25, 0.3) is 0 Å². The summed E-state index contributed by atoms with van der Waals surface area (Å²) < 4.78 is 43.7. The van der Waals surface area contributed by atoms with Crippen molar-refractivity contribution in [2.24, 2.45) is 5.92 Å². The highest BCUT2D eigenvalue weighted by Gasteiger charge is 2.36. The lowest BCUT2D eigenvalue weighted by Crippen LogP contribution is -2.36. The van der Waals surface area contributed by atoms with Crippen LogP contribution in [0.1, 0.15) is 43.6 Å². The van der Waals surface area contributed by atoms with Crippen LogP contribution in [-0.2, 0) is 10.9 Å². The molecule has 2 unspecified atom stereocenters. The molecule has 0 radical (unpaired) electrons. The topological polar surface area (TPSA) is 34.2 Å². The minimum Gasteiger partial charge on any atom is -0.376 e. The van der Waals surface area contributed by atoms with Crippen molar-refractivity contribution in [3.8, 4) is 0 Å². The van der Waals surface area contributed by atoms with Crippen LogP contribution in [0, 0.1) is 5.92 Å². The molecule has 0 saturated heterocycles. The molecular weight excluding hydrogens is 289 g/mol. The van der Waals surface area contributed by atoms with Gasteiger partial charge in [0, 0.05) is 17.7 Å². The smallest absolute Gasteiger partial charge is 0.376 e. The van der Waals surface area contributed by atoms with Crippen molar-refractivity contribution in [2.75, 3.05) is 13.2 Å². The average Bonchev–Trinajstić information content (AvgIpc) is 2.82. The van der Waals surface area contributed by atoms with E-state index in [0.29, 0.717) is 29.4 Å². The lowest BCUT2D eigenvalue weighted by Gasteiger charge is -2.29. The number of alkyl halides is 3. The molecule has 3 nitrogen and oxygen atoms in total. The first-order valence-corrected chi connectivity index (χ1v) is 7.50. The summed E-state index contributed by atoms with van der Waals surface area (Å²) in [6, 6.07) is -0.270. The fourth-order valence-corrected chi connectivity index (χ4v) is 2.92. The Morgan fingerprint density at radius 2 is 2.00 bits per heavy atom. The Morgan fingerprint density at radius 1 is 1.35 bits per heavy atom. The summed E-state index contributed by atoms with van der Waals surface area (Å²) in [5.74, 6) is 0.190. The number of thiazole rings is 1. The molecule has 20 heavy (non-hydrogen) atoms. The second-order valence-corrected chi connectivity index (χ2v) is 5.83. The van der Waals surface area contributed by atoms with E-state index in [-0.39, 0.29) is 18.1 Å². The fraction of sp³-hybridized carbons (Fsp3) is 0.769. The summed E-state index contributed by atoms with van der Waals surface area (Å²) in [7, 11) is 0. The van der Waals surface area contributed by atoms with Crippen LogP contribution in [0.25, 0.3) is 0 Å². The Morgan fingerprint density at radius 3 is 2.40 bits per heavy atom. The zero-order chi connectivity index (χ0) is 15.3. The Labute approximate surface area is 121 Å². The van der Waals surface area contributed by atoms with Gasteiger partial charge < -0.3 is 10.1 Å². The van der Waals surface area contributed by atoms with E-state index in [9.17, 15) is 13.2 Å². The molecule has 0 saturated carbocycles. The first-order chi connectivity index (χ1) is 9.31. The first kappa shape index (κ1) is 17.4. The third kappa shape index (κ3) is 4.43. The van der Waals surface area contributed by atoms with E-state index in [4.69, 9.17) is 4.74 Å². The number of hydrogen-bond donors (Lipinski definition) is 1. The van der Waals surface area contributed by atoms with E-state index >= 15 is 0 Å². The SMILES string of the molecule is CCNC(c1cnc(C(F)(F)F)s1)C(OCC)C(C)C. The van der Waals surface area contributed by atoms with Crippen LogP contribution in [0.15, 0.2) is 6.20 Å². The number of nitrogens with zero attached hydrogens (tertiary/aromatic N) is 1. The van der Waals surface area contributed by atoms with Crippen molar-refractivity contribution in [1.82, 2.24) is 10.3 Å². The van der Waals surface area contributed by atoms with E-state index in [0.717, 1.165) is 0 Å². The third-order valence-corrected chi connectivity index (χ3v) is 3.97. The molecule has 0 fully saturated rings. The van der Waals surface area contributed by atoms with E-state index in [1.54, 1.807) is 0 Å². The predicted octanol–water partition coefficient (Wildman–Crippen LogP) is 3.87. The maximum atomic E-state index is 12.7. The van der Waals surface area contributed by atoms with Gasteiger partial charge in [0.2, 0.25) is 0 Å². The van der Waals surface area contributed by atoms with Crippen LogP contribution < -0.4 is 5.32 Å². The summed E-state index contributed by atoms with van der Waals surface area (Å²) in [5.41, 5.74) is 0. The molecule has 0 aliphatic carbocycles. The zero-order valence-electron chi connectivity index (χ0n) is 12.1. The summed E-state index contributed by atoms with van der Waals surface area (Å²) in [4.78, 5) is 4.05. The number of ether oxygens (including phenoxy) is 1. The molecule has 116 valence electrons. The minimum atomic E-state index is -4.39. The van der Waals surface area contributed by atoms with Crippen LogP contribution in [0.5, 0.6) is 0 Å². The Balaban J connectivity index is 3.03. The lowest BCUT2D eigenvalue weighted by molar-refractivity contribution is -0.137. The molecule has 0 aliphatic rings. The standard InChI is InChI=1S/C13H21F3N2OS/c1-5-17-10(11(8(3)4)19-6-2)9-7-18-12(20-9)13(14,15)16/h7-8,10-11,17H,5-6H2,1-4H3. The maximum absolute atomic E-state index is 12.7. The molecule has 1 aromatic rings. The highest BCUT2D eigenvalue weighted by molar-refractivity contribution is 7.11. The molecule has 1 rings (SSSR count). The number of halogens is 3. The number of nitrogens with one attached hydrogen (secondary N) is 1. The summed E-state index contributed by atoms with van der Waals surface area (Å²) in [6.45, 7) is 8.97. The largest absolute Gasteiger partial charge is 0.443 e. The van der Waals surface area contributed by atoms with E-state index in [1.165, 1.54) is 6.20 Å². The van der Waals surface area contributed by atoms with Crippen molar-refractivity contribution in [2.45, 2.75) is 46.0 Å². The molecule has 0 bridgehead atoms.